The molecule has 0 radical (unpaired) electrons. The van der Waals surface area contributed by atoms with E-state index in [1.54, 1.807) is 6.92 Å². The molecule has 0 amide bonds. The molecule has 0 aromatic heterocycles. The zero-order valence-electron chi connectivity index (χ0n) is 13.7. The third-order valence-corrected chi connectivity index (χ3v) is 3.23. The lowest BCUT2D eigenvalue weighted by Crippen LogP contribution is -2.48. The van der Waals surface area contributed by atoms with Crippen LogP contribution in [-0.2, 0) is 23.9 Å². The smallest absolute Gasteiger partial charge is 0.368 e. The minimum absolute atomic E-state index is 0.137. The summed E-state index contributed by atoms with van der Waals surface area (Å²) in [5, 5.41) is 3.69. The highest BCUT2D eigenvalue weighted by atomic mass is 16.7. The lowest BCUT2D eigenvalue weighted by molar-refractivity contribution is -0.148. The van der Waals surface area contributed by atoms with Crippen LogP contribution in [0.3, 0.4) is 0 Å². The van der Waals surface area contributed by atoms with Crippen LogP contribution in [-0.4, -0.2) is 74.7 Å². The first-order valence-electron chi connectivity index (χ1n) is 7.41. The predicted octanol–water partition coefficient (Wildman–Crippen LogP) is 0.426. The number of carbonyl (C=O) groups is 2. The van der Waals surface area contributed by atoms with Crippen molar-refractivity contribution in [3.8, 4) is 0 Å². The Kier molecular flexibility index (Phi) is 7.83. The molecule has 0 N–H and O–H groups in total. The van der Waals surface area contributed by atoms with Gasteiger partial charge in [-0.3, -0.25) is 9.80 Å². The van der Waals surface area contributed by atoms with Gasteiger partial charge >= 0.3 is 11.9 Å². The van der Waals surface area contributed by atoms with Crippen molar-refractivity contribution < 1.29 is 23.9 Å². The molecule has 8 heteroatoms. The van der Waals surface area contributed by atoms with E-state index >= 15 is 0 Å². The summed E-state index contributed by atoms with van der Waals surface area (Å²) in [6.07, 6.45) is 2.91. The summed E-state index contributed by atoms with van der Waals surface area (Å²) in [4.78, 5) is 32.7. The largest absolute Gasteiger partial charge is 0.464 e. The van der Waals surface area contributed by atoms with Gasteiger partial charge in [-0.1, -0.05) is 11.6 Å². The van der Waals surface area contributed by atoms with Gasteiger partial charge in [-0.2, -0.15) is 0 Å². The molecule has 1 heterocycles. The molecule has 0 bridgehead atoms. The van der Waals surface area contributed by atoms with Crippen molar-refractivity contribution in [1.29, 1.82) is 0 Å². The van der Waals surface area contributed by atoms with E-state index in [1.807, 2.05) is 19.0 Å². The molecule has 126 valence electrons. The normalized spacial score (nSPS) is 18.0. The van der Waals surface area contributed by atoms with Gasteiger partial charge in [-0.05, 0) is 33.9 Å². The summed E-state index contributed by atoms with van der Waals surface area (Å²) < 4.78 is 9.33. The molecule has 1 saturated heterocycles. The molecule has 0 aromatic carbocycles. The highest BCUT2D eigenvalue weighted by Gasteiger charge is 2.28. The van der Waals surface area contributed by atoms with E-state index in [1.165, 1.54) is 13.5 Å². The number of esters is 2. The molecule has 8 nitrogen and oxygen atoms in total. The number of hydrogen-bond acceptors (Lipinski definition) is 8. The van der Waals surface area contributed by atoms with E-state index in [2.05, 4.69) is 14.8 Å². The molecule has 0 aliphatic carbocycles. The van der Waals surface area contributed by atoms with Crippen molar-refractivity contribution in [1.82, 2.24) is 9.80 Å². The molecule has 1 unspecified atom stereocenters. The maximum Gasteiger partial charge on any atom is 0.368 e. The molecule has 1 rings (SSSR count). The van der Waals surface area contributed by atoms with Crippen LogP contribution in [0.4, 0.5) is 0 Å². The fourth-order valence-electron chi connectivity index (χ4n) is 2.18. The van der Waals surface area contributed by atoms with Gasteiger partial charge in [0, 0.05) is 13.1 Å². The Morgan fingerprint density at radius 1 is 1.18 bits per heavy atom. The van der Waals surface area contributed by atoms with Gasteiger partial charge in [0.05, 0.1) is 13.7 Å². The van der Waals surface area contributed by atoms with Crippen LogP contribution in [0.5, 0.6) is 0 Å². The van der Waals surface area contributed by atoms with Crippen LogP contribution in [0, 0.1) is 0 Å². The van der Waals surface area contributed by atoms with Crippen LogP contribution < -0.4 is 0 Å². The minimum Gasteiger partial charge on any atom is -0.464 e. The molecule has 1 fully saturated rings. The number of carbonyl (C=O) groups excluding carboxylic acids is 2. The standard InChI is InChI=1S/C14H25N3O5/c1-5-21-13(19)11(12(18)20-4)15-22-14(16(2)3)17-9-7-6-8-10-17/h14H,5-10H2,1-4H3/b15-11+. The molecule has 1 atom stereocenters. The number of piperidine rings is 1. The third kappa shape index (κ3) is 5.27. The fourth-order valence-corrected chi connectivity index (χ4v) is 2.18. The molecule has 22 heavy (non-hydrogen) atoms. The highest BCUT2D eigenvalue weighted by Crippen LogP contribution is 2.14. The molecule has 1 aliphatic heterocycles. The van der Waals surface area contributed by atoms with Gasteiger partial charge in [0.2, 0.25) is 6.35 Å². The topological polar surface area (TPSA) is 80.7 Å². The van der Waals surface area contributed by atoms with Gasteiger partial charge in [-0.25, -0.2) is 9.59 Å². The van der Waals surface area contributed by atoms with Crippen LogP contribution in [0.15, 0.2) is 5.16 Å². The summed E-state index contributed by atoms with van der Waals surface area (Å²) in [6.45, 7) is 3.54. The van der Waals surface area contributed by atoms with Crippen LogP contribution in [0.2, 0.25) is 0 Å². The van der Waals surface area contributed by atoms with Gasteiger partial charge in [0.15, 0.2) is 0 Å². The van der Waals surface area contributed by atoms with Crippen molar-refractivity contribution in [2.45, 2.75) is 32.5 Å². The van der Waals surface area contributed by atoms with Gasteiger partial charge in [0.1, 0.15) is 0 Å². The van der Waals surface area contributed by atoms with Crippen LogP contribution >= 0.6 is 0 Å². The van der Waals surface area contributed by atoms with Crippen molar-refractivity contribution in [3.05, 3.63) is 0 Å². The van der Waals surface area contributed by atoms with Crippen molar-refractivity contribution in [2.24, 2.45) is 5.16 Å². The quantitative estimate of drug-likeness (QED) is 0.221. The lowest BCUT2D eigenvalue weighted by atomic mass is 10.1. The highest BCUT2D eigenvalue weighted by molar-refractivity contribution is 6.62. The zero-order valence-corrected chi connectivity index (χ0v) is 13.7. The summed E-state index contributed by atoms with van der Waals surface area (Å²) >= 11 is 0. The second-order valence-electron chi connectivity index (χ2n) is 5.14. The second kappa shape index (κ2) is 9.37. The minimum atomic E-state index is -0.880. The number of likely N-dealkylation sites (tertiary alicyclic amines) is 1. The summed E-state index contributed by atoms with van der Waals surface area (Å²) in [7, 11) is 4.86. The lowest BCUT2D eigenvalue weighted by Gasteiger charge is -2.35. The number of hydrogen-bond donors (Lipinski definition) is 0. The number of methoxy groups -OCH3 is 1. The van der Waals surface area contributed by atoms with Crippen molar-refractivity contribution in [2.75, 3.05) is 40.9 Å². The summed E-state index contributed by atoms with van der Waals surface area (Å²) in [5.74, 6) is -1.74. The van der Waals surface area contributed by atoms with E-state index in [0.29, 0.717) is 0 Å². The van der Waals surface area contributed by atoms with Crippen LogP contribution in [0.1, 0.15) is 26.2 Å². The SMILES string of the molecule is CCOC(=O)/C(=N/OC(N(C)C)N1CCCCC1)C(=O)OC. The number of rotatable bonds is 7. The molecule has 0 aromatic rings. The first kappa shape index (κ1) is 18.4. The van der Waals surface area contributed by atoms with Crippen LogP contribution in [0.25, 0.3) is 0 Å². The van der Waals surface area contributed by atoms with E-state index in [0.717, 1.165) is 25.9 Å². The average Bonchev–Trinajstić information content (AvgIpc) is 2.51. The predicted molar refractivity (Wildman–Crippen MR) is 80.1 cm³/mol. The van der Waals surface area contributed by atoms with E-state index in [9.17, 15) is 9.59 Å². The summed E-state index contributed by atoms with van der Waals surface area (Å²) in [5.41, 5.74) is -0.492. The number of oxime groups is 1. The Morgan fingerprint density at radius 2 is 1.82 bits per heavy atom. The molecule has 0 spiro atoms. The van der Waals surface area contributed by atoms with E-state index in [4.69, 9.17) is 9.57 Å². The van der Waals surface area contributed by atoms with Crippen molar-refractivity contribution in [3.63, 3.8) is 0 Å². The monoisotopic (exact) mass is 315 g/mol. The summed E-state index contributed by atoms with van der Waals surface area (Å²) in [6, 6.07) is 0. The molecule has 1 aliphatic rings. The first-order chi connectivity index (χ1) is 10.5. The molecular formula is C14H25N3O5. The Morgan fingerprint density at radius 3 is 2.32 bits per heavy atom. The maximum atomic E-state index is 11.7. The number of nitrogens with zero attached hydrogens (tertiary/aromatic N) is 3. The molecule has 0 saturated carbocycles. The Bertz CT molecular complexity index is 405. The Hall–Kier alpha value is -1.67. The second-order valence-corrected chi connectivity index (χ2v) is 5.14. The van der Waals surface area contributed by atoms with Gasteiger partial charge < -0.3 is 14.3 Å². The molecular weight excluding hydrogens is 290 g/mol. The van der Waals surface area contributed by atoms with E-state index in [-0.39, 0.29) is 6.61 Å². The number of ether oxygens (including phenoxy) is 2. The Labute approximate surface area is 131 Å². The maximum absolute atomic E-state index is 11.7. The van der Waals surface area contributed by atoms with Gasteiger partial charge in [-0.15, -0.1) is 0 Å². The average molecular weight is 315 g/mol. The Balaban J connectivity index is 2.83. The van der Waals surface area contributed by atoms with Gasteiger partial charge in [0.25, 0.3) is 5.71 Å². The zero-order chi connectivity index (χ0) is 16.5. The third-order valence-electron chi connectivity index (χ3n) is 3.23. The van der Waals surface area contributed by atoms with E-state index < -0.39 is 24.0 Å². The van der Waals surface area contributed by atoms with Crippen molar-refractivity contribution >= 4 is 17.7 Å². The first-order valence-corrected chi connectivity index (χ1v) is 7.41. The fraction of sp³-hybridized carbons (Fsp3) is 0.786.